The van der Waals surface area contributed by atoms with Gasteiger partial charge < -0.3 is 0 Å². The van der Waals surface area contributed by atoms with Crippen molar-refractivity contribution < 1.29 is 4.39 Å². The fourth-order valence-corrected chi connectivity index (χ4v) is 3.53. The highest BCUT2D eigenvalue weighted by Crippen LogP contribution is 2.36. The first-order valence-electron chi connectivity index (χ1n) is 4.78. The van der Waals surface area contributed by atoms with Gasteiger partial charge in [0.2, 0.25) is 0 Å². The lowest BCUT2D eigenvalue weighted by Crippen LogP contribution is -2.29. The molecule has 0 spiro atoms. The van der Waals surface area contributed by atoms with Gasteiger partial charge in [-0.2, -0.15) is 0 Å². The van der Waals surface area contributed by atoms with Crippen LogP contribution in [0.15, 0.2) is 34.1 Å². The summed E-state index contributed by atoms with van der Waals surface area (Å²) in [5, 5.41) is 2.26. The topological polar surface area (TPSA) is 38.0 Å². The summed E-state index contributed by atoms with van der Waals surface area (Å²) in [6.07, 6.45) is 0. The van der Waals surface area contributed by atoms with Crippen LogP contribution in [0.2, 0.25) is 5.02 Å². The third-order valence-electron chi connectivity index (χ3n) is 2.36. The number of rotatable bonds is 3. The molecule has 0 radical (unpaired) electrons. The van der Waals surface area contributed by atoms with Gasteiger partial charge in [-0.25, -0.2) is 9.82 Å². The molecule has 3 N–H and O–H groups in total. The van der Waals surface area contributed by atoms with Crippen LogP contribution in [0.1, 0.15) is 16.5 Å². The molecule has 0 aliphatic rings. The molecule has 2 rings (SSSR count). The summed E-state index contributed by atoms with van der Waals surface area (Å²) in [5.41, 5.74) is 2.96. The Balaban J connectivity index is 2.53. The van der Waals surface area contributed by atoms with Gasteiger partial charge in [-0.1, -0.05) is 17.7 Å². The molecular formula is C11H9BrClFN2S. The van der Waals surface area contributed by atoms with Crippen LogP contribution in [-0.2, 0) is 0 Å². The zero-order valence-corrected chi connectivity index (χ0v) is 11.7. The van der Waals surface area contributed by atoms with Crippen molar-refractivity contribution in [2.45, 2.75) is 6.04 Å². The fourth-order valence-electron chi connectivity index (χ4n) is 1.59. The molecule has 0 saturated carbocycles. The van der Waals surface area contributed by atoms with E-state index in [0.29, 0.717) is 10.6 Å². The van der Waals surface area contributed by atoms with Gasteiger partial charge in [0, 0.05) is 19.9 Å². The maximum Gasteiger partial charge on any atom is 0.129 e. The molecule has 2 aromatic rings. The minimum atomic E-state index is -0.460. The third kappa shape index (κ3) is 2.53. The van der Waals surface area contributed by atoms with Crippen LogP contribution in [-0.4, -0.2) is 0 Å². The highest BCUT2D eigenvalue weighted by Gasteiger charge is 2.22. The predicted molar refractivity (Wildman–Crippen MR) is 72.6 cm³/mol. The largest absolute Gasteiger partial charge is 0.271 e. The first kappa shape index (κ1) is 13.0. The first-order chi connectivity index (χ1) is 8.15. The lowest BCUT2D eigenvalue weighted by Gasteiger charge is -2.17. The second-order valence-electron chi connectivity index (χ2n) is 3.37. The second kappa shape index (κ2) is 5.46. The normalized spacial score (nSPS) is 12.7. The van der Waals surface area contributed by atoms with E-state index < -0.39 is 6.04 Å². The smallest absolute Gasteiger partial charge is 0.129 e. The molecule has 17 heavy (non-hydrogen) atoms. The number of benzene rings is 1. The Hall–Kier alpha value is -0.460. The lowest BCUT2D eigenvalue weighted by molar-refractivity contribution is 0.563. The van der Waals surface area contributed by atoms with Gasteiger partial charge in [-0.15, -0.1) is 11.3 Å². The van der Waals surface area contributed by atoms with Gasteiger partial charge in [0.15, 0.2) is 0 Å². The highest BCUT2D eigenvalue weighted by atomic mass is 79.9. The van der Waals surface area contributed by atoms with Gasteiger partial charge in [0.1, 0.15) is 5.82 Å². The zero-order chi connectivity index (χ0) is 12.4. The summed E-state index contributed by atoms with van der Waals surface area (Å²) in [5.74, 6) is 5.14. The molecule has 1 aromatic carbocycles. The third-order valence-corrected chi connectivity index (χ3v) is 4.63. The quantitative estimate of drug-likeness (QED) is 0.660. The Morgan fingerprint density at radius 3 is 2.71 bits per heavy atom. The molecule has 0 aliphatic heterocycles. The molecule has 1 unspecified atom stereocenters. The number of nitrogens with one attached hydrogen (secondary N) is 1. The van der Waals surface area contributed by atoms with E-state index in [1.807, 2.05) is 11.4 Å². The van der Waals surface area contributed by atoms with E-state index in [4.69, 9.17) is 17.4 Å². The average molecular weight is 336 g/mol. The van der Waals surface area contributed by atoms with Crippen LogP contribution in [0, 0.1) is 5.82 Å². The molecule has 90 valence electrons. The van der Waals surface area contributed by atoms with Crippen molar-refractivity contribution in [3.8, 4) is 0 Å². The summed E-state index contributed by atoms with van der Waals surface area (Å²) >= 11 is 10.9. The van der Waals surface area contributed by atoms with Crippen molar-refractivity contribution >= 4 is 38.9 Å². The molecule has 6 heteroatoms. The molecule has 0 bridgehead atoms. The van der Waals surface area contributed by atoms with Gasteiger partial charge in [-0.3, -0.25) is 5.84 Å². The van der Waals surface area contributed by atoms with E-state index in [0.717, 1.165) is 9.35 Å². The van der Waals surface area contributed by atoms with Crippen molar-refractivity contribution in [2.75, 3.05) is 0 Å². The van der Waals surface area contributed by atoms with Gasteiger partial charge in [0.25, 0.3) is 0 Å². The number of halogens is 3. The second-order valence-corrected chi connectivity index (χ2v) is 5.58. The van der Waals surface area contributed by atoms with Crippen LogP contribution in [0.5, 0.6) is 0 Å². The van der Waals surface area contributed by atoms with E-state index in [1.54, 1.807) is 12.1 Å². The van der Waals surface area contributed by atoms with Gasteiger partial charge in [0.05, 0.1) is 6.04 Å². The molecule has 2 nitrogen and oxygen atoms in total. The van der Waals surface area contributed by atoms with Crippen molar-refractivity contribution in [1.29, 1.82) is 0 Å². The number of hydrogen-bond acceptors (Lipinski definition) is 3. The molecule has 1 heterocycles. The minimum absolute atomic E-state index is 0.355. The number of hydrazine groups is 1. The first-order valence-corrected chi connectivity index (χ1v) is 6.83. The van der Waals surface area contributed by atoms with Crippen molar-refractivity contribution in [2.24, 2.45) is 5.84 Å². The van der Waals surface area contributed by atoms with E-state index >= 15 is 0 Å². The lowest BCUT2D eigenvalue weighted by atomic mass is 10.1. The van der Waals surface area contributed by atoms with Gasteiger partial charge in [-0.05, 0) is 39.5 Å². The summed E-state index contributed by atoms with van der Waals surface area (Å²) in [7, 11) is 0. The Morgan fingerprint density at radius 1 is 1.41 bits per heavy atom. The maximum absolute atomic E-state index is 13.8. The molecule has 0 saturated heterocycles. The Labute approximate surface area is 116 Å². The molecule has 1 atom stereocenters. The zero-order valence-electron chi connectivity index (χ0n) is 8.58. The van der Waals surface area contributed by atoms with E-state index in [1.165, 1.54) is 17.4 Å². The molecule has 1 aromatic heterocycles. The van der Waals surface area contributed by atoms with Gasteiger partial charge >= 0.3 is 0 Å². The SMILES string of the molecule is NNC(c1sccc1Br)c1c(F)cccc1Cl. The summed E-state index contributed by atoms with van der Waals surface area (Å²) in [6, 6.07) is 6.01. The summed E-state index contributed by atoms with van der Waals surface area (Å²) < 4.78 is 14.7. The summed E-state index contributed by atoms with van der Waals surface area (Å²) in [6.45, 7) is 0. The number of hydrogen-bond donors (Lipinski definition) is 2. The number of nitrogens with two attached hydrogens (primary N) is 1. The van der Waals surface area contributed by atoms with Crippen LogP contribution < -0.4 is 11.3 Å². The van der Waals surface area contributed by atoms with Crippen LogP contribution >= 0.6 is 38.9 Å². The Kier molecular flexibility index (Phi) is 4.17. The average Bonchev–Trinajstić information content (AvgIpc) is 2.70. The molecule has 0 fully saturated rings. The molecule has 0 amide bonds. The number of thiophene rings is 1. The standard InChI is InChI=1S/C11H9BrClFN2S/c12-6-4-5-17-11(6)10(16-15)9-7(13)2-1-3-8(9)14/h1-5,10,16H,15H2. The maximum atomic E-state index is 13.8. The monoisotopic (exact) mass is 334 g/mol. The minimum Gasteiger partial charge on any atom is -0.271 e. The van der Waals surface area contributed by atoms with E-state index in [2.05, 4.69) is 21.4 Å². The molecular weight excluding hydrogens is 327 g/mol. The Bertz CT molecular complexity index is 512. The summed E-state index contributed by atoms with van der Waals surface area (Å²) in [4.78, 5) is 0.888. The van der Waals surface area contributed by atoms with Crippen LogP contribution in [0.4, 0.5) is 4.39 Å². The Morgan fingerprint density at radius 2 is 2.18 bits per heavy atom. The highest BCUT2D eigenvalue weighted by molar-refractivity contribution is 9.10. The van der Waals surface area contributed by atoms with Crippen molar-refractivity contribution in [1.82, 2.24) is 5.43 Å². The van der Waals surface area contributed by atoms with Crippen LogP contribution in [0.3, 0.4) is 0 Å². The fraction of sp³-hybridized carbons (Fsp3) is 0.0909. The molecule has 0 aliphatic carbocycles. The van der Waals surface area contributed by atoms with Crippen molar-refractivity contribution in [3.05, 3.63) is 55.4 Å². The van der Waals surface area contributed by atoms with E-state index in [9.17, 15) is 4.39 Å². The van der Waals surface area contributed by atoms with Crippen molar-refractivity contribution in [3.63, 3.8) is 0 Å². The van der Waals surface area contributed by atoms with E-state index in [-0.39, 0.29) is 5.82 Å². The predicted octanol–water partition coefficient (Wildman–Crippen LogP) is 3.86. The van der Waals surface area contributed by atoms with Crippen LogP contribution in [0.25, 0.3) is 0 Å².